The Hall–Kier alpha value is -2.83. The molecule has 2 N–H and O–H groups in total. The summed E-state index contributed by atoms with van der Waals surface area (Å²) in [5, 5.41) is 0.752. The lowest BCUT2D eigenvalue weighted by atomic mass is 10.1. The minimum atomic E-state index is -0.563. The molecule has 1 aliphatic rings. The summed E-state index contributed by atoms with van der Waals surface area (Å²) in [6.45, 7) is 6.99. The van der Waals surface area contributed by atoms with Crippen molar-refractivity contribution in [1.29, 1.82) is 0 Å². The van der Waals surface area contributed by atoms with Crippen LogP contribution in [0.25, 0.3) is 10.9 Å². The van der Waals surface area contributed by atoms with Crippen molar-refractivity contribution in [2.75, 3.05) is 13.1 Å². The average Bonchev–Trinajstić information content (AvgIpc) is 2.67. The second-order valence-corrected chi connectivity index (χ2v) is 7.28. The van der Waals surface area contributed by atoms with E-state index in [-0.39, 0.29) is 18.1 Å². The fourth-order valence-electron chi connectivity index (χ4n) is 3.46. The van der Waals surface area contributed by atoms with Gasteiger partial charge in [0.15, 0.2) is 0 Å². The average molecular weight is 385 g/mol. The van der Waals surface area contributed by atoms with Gasteiger partial charge >= 0.3 is 0 Å². The van der Waals surface area contributed by atoms with Crippen LogP contribution in [-0.2, 0) is 4.79 Å². The first-order valence-electron chi connectivity index (χ1n) is 9.72. The Labute approximate surface area is 164 Å². The van der Waals surface area contributed by atoms with Crippen LogP contribution in [-0.4, -0.2) is 47.0 Å². The fraction of sp³-hybridized carbons (Fsp3) is 0.476. The minimum Gasteiger partial charge on any atom is -0.490 e. The standard InChI is InChI=1S/C21H27N3O4/c1-4-20(25)24-9-5-6-14(12-24)28-18-7-8-23-17-10-16(21(22)26)19(11-15(17)18)27-13(2)3/h7-8,10-11,13-14H,4-6,9,12H2,1-3H3,(H2,22,26)/t14-/m1/s1. The number of hydrogen-bond donors (Lipinski definition) is 1. The zero-order valence-electron chi connectivity index (χ0n) is 16.6. The van der Waals surface area contributed by atoms with Gasteiger partial charge in [-0.25, -0.2) is 0 Å². The van der Waals surface area contributed by atoms with Crippen molar-refractivity contribution < 1.29 is 19.1 Å². The number of piperidine rings is 1. The molecule has 1 atom stereocenters. The number of amides is 2. The molecule has 1 aliphatic heterocycles. The van der Waals surface area contributed by atoms with Crippen LogP contribution >= 0.6 is 0 Å². The molecule has 1 aromatic heterocycles. The number of nitrogens with two attached hydrogens (primary N) is 1. The Morgan fingerprint density at radius 1 is 1.32 bits per heavy atom. The van der Waals surface area contributed by atoms with E-state index in [4.69, 9.17) is 15.2 Å². The second kappa shape index (κ2) is 8.46. The van der Waals surface area contributed by atoms with Crippen LogP contribution in [0.3, 0.4) is 0 Å². The molecule has 2 aromatic rings. The van der Waals surface area contributed by atoms with Crippen LogP contribution < -0.4 is 15.2 Å². The number of pyridine rings is 1. The van der Waals surface area contributed by atoms with E-state index >= 15 is 0 Å². The largest absolute Gasteiger partial charge is 0.490 e. The molecule has 0 spiro atoms. The van der Waals surface area contributed by atoms with Crippen molar-refractivity contribution in [1.82, 2.24) is 9.88 Å². The highest BCUT2D eigenvalue weighted by Gasteiger charge is 2.25. The Kier molecular flexibility index (Phi) is 6.02. The monoisotopic (exact) mass is 385 g/mol. The number of nitrogens with zero attached hydrogens (tertiary/aromatic N) is 2. The van der Waals surface area contributed by atoms with Gasteiger partial charge in [-0.05, 0) is 44.9 Å². The number of rotatable bonds is 6. The van der Waals surface area contributed by atoms with E-state index in [1.807, 2.05) is 25.7 Å². The summed E-state index contributed by atoms with van der Waals surface area (Å²) in [6, 6.07) is 5.19. The summed E-state index contributed by atoms with van der Waals surface area (Å²) < 4.78 is 12.0. The summed E-state index contributed by atoms with van der Waals surface area (Å²) in [7, 11) is 0. The Morgan fingerprint density at radius 3 is 2.79 bits per heavy atom. The number of carbonyl (C=O) groups excluding carboxylic acids is 2. The van der Waals surface area contributed by atoms with E-state index in [0.29, 0.717) is 35.5 Å². The number of hydrogen-bond acceptors (Lipinski definition) is 5. The van der Waals surface area contributed by atoms with E-state index in [1.165, 1.54) is 0 Å². The van der Waals surface area contributed by atoms with E-state index in [9.17, 15) is 9.59 Å². The van der Waals surface area contributed by atoms with Gasteiger partial charge in [-0.1, -0.05) is 6.92 Å². The fourth-order valence-corrected chi connectivity index (χ4v) is 3.46. The number of benzene rings is 1. The molecule has 1 fully saturated rings. The SMILES string of the molecule is CCC(=O)N1CCC[C@@H](Oc2ccnc3cc(C(N)=O)c(OC(C)C)cc23)C1. The highest BCUT2D eigenvalue weighted by molar-refractivity contribution is 6.01. The zero-order valence-corrected chi connectivity index (χ0v) is 16.6. The highest BCUT2D eigenvalue weighted by atomic mass is 16.5. The Balaban J connectivity index is 1.93. The van der Waals surface area contributed by atoms with Crippen molar-refractivity contribution in [2.24, 2.45) is 5.73 Å². The van der Waals surface area contributed by atoms with Crippen LogP contribution in [0.15, 0.2) is 24.4 Å². The first kappa shape index (κ1) is 19.9. The van der Waals surface area contributed by atoms with Crippen LogP contribution in [0.2, 0.25) is 0 Å². The molecule has 0 saturated carbocycles. The minimum absolute atomic E-state index is 0.0832. The summed E-state index contributed by atoms with van der Waals surface area (Å²) in [5.41, 5.74) is 6.42. The zero-order chi connectivity index (χ0) is 20.3. The van der Waals surface area contributed by atoms with Crippen LogP contribution in [0.4, 0.5) is 0 Å². The summed E-state index contributed by atoms with van der Waals surface area (Å²) >= 11 is 0. The first-order chi connectivity index (χ1) is 13.4. The first-order valence-corrected chi connectivity index (χ1v) is 9.72. The lowest BCUT2D eigenvalue weighted by Crippen LogP contribution is -2.44. The topological polar surface area (TPSA) is 94.8 Å². The van der Waals surface area contributed by atoms with Gasteiger partial charge in [-0.15, -0.1) is 0 Å². The quantitative estimate of drug-likeness (QED) is 0.825. The van der Waals surface area contributed by atoms with Crippen LogP contribution in [0.1, 0.15) is 50.4 Å². The molecule has 0 unspecified atom stereocenters. The maximum absolute atomic E-state index is 12.0. The van der Waals surface area contributed by atoms with Gasteiger partial charge in [0.2, 0.25) is 5.91 Å². The molecule has 1 saturated heterocycles. The number of fused-ring (bicyclic) bond motifs is 1. The molecule has 0 radical (unpaired) electrons. The van der Waals surface area contributed by atoms with Crippen molar-refractivity contribution in [3.8, 4) is 11.5 Å². The van der Waals surface area contributed by atoms with Gasteiger partial charge in [0, 0.05) is 24.5 Å². The Bertz CT molecular complexity index is 881. The van der Waals surface area contributed by atoms with Crippen molar-refractivity contribution in [2.45, 2.75) is 52.2 Å². The molecule has 28 heavy (non-hydrogen) atoms. The van der Waals surface area contributed by atoms with Gasteiger partial charge < -0.3 is 20.1 Å². The molecular weight excluding hydrogens is 358 g/mol. The maximum atomic E-state index is 12.0. The number of likely N-dealkylation sites (tertiary alicyclic amines) is 1. The highest BCUT2D eigenvalue weighted by Crippen LogP contribution is 2.32. The molecule has 0 bridgehead atoms. The molecule has 2 heterocycles. The molecule has 3 rings (SSSR count). The van der Waals surface area contributed by atoms with Gasteiger partial charge in [0.25, 0.3) is 5.91 Å². The molecule has 1 aromatic carbocycles. The molecule has 7 nitrogen and oxygen atoms in total. The lowest BCUT2D eigenvalue weighted by Gasteiger charge is -2.33. The Morgan fingerprint density at radius 2 is 2.11 bits per heavy atom. The van der Waals surface area contributed by atoms with Crippen molar-refractivity contribution in [3.63, 3.8) is 0 Å². The summed E-state index contributed by atoms with van der Waals surface area (Å²) in [5.74, 6) is 0.656. The molecular formula is C21H27N3O4. The number of primary amides is 1. The number of aromatic nitrogens is 1. The molecule has 2 amide bonds. The third-order valence-corrected chi connectivity index (χ3v) is 4.76. The van der Waals surface area contributed by atoms with E-state index in [2.05, 4.69) is 4.98 Å². The van der Waals surface area contributed by atoms with E-state index in [1.54, 1.807) is 24.4 Å². The maximum Gasteiger partial charge on any atom is 0.252 e. The lowest BCUT2D eigenvalue weighted by molar-refractivity contribution is -0.133. The number of carbonyl (C=O) groups is 2. The molecule has 150 valence electrons. The molecule has 7 heteroatoms. The van der Waals surface area contributed by atoms with Crippen LogP contribution in [0, 0.1) is 0 Å². The third kappa shape index (κ3) is 4.35. The summed E-state index contributed by atoms with van der Waals surface area (Å²) in [4.78, 5) is 30.1. The van der Waals surface area contributed by atoms with Crippen molar-refractivity contribution >= 4 is 22.7 Å². The predicted molar refractivity (Wildman–Crippen MR) is 107 cm³/mol. The van der Waals surface area contributed by atoms with Gasteiger partial charge in [-0.2, -0.15) is 0 Å². The predicted octanol–water partition coefficient (Wildman–Crippen LogP) is 2.90. The van der Waals surface area contributed by atoms with Gasteiger partial charge in [0.05, 0.1) is 23.7 Å². The van der Waals surface area contributed by atoms with Crippen molar-refractivity contribution in [3.05, 3.63) is 30.0 Å². The van der Waals surface area contributed by atoms with Gasteiger partial charge in [-0.3, -0.25) is 14.6 Å². The smallest absolute Gasteiger partial charge is 0.252 e. The normalized spacial score (nSPS) is 17.0. The summed E-state index contributed by atoms with van der Waals surface area (Å²) in [6.07, 6.45) is 3.74. The molecule has 0 aliphatic carbocycles. The second-order valence-electron chi connectivity index (χ2n) is 7.28. The van der Waals surface area contributed by atoms with E-state index in [0.717, 1.165) is 24.8 Å². The third-order valence-electron chi connectivity index (χ3n) is 4.76. The van der Waals surface area contributed by atoms with Crippen LogP contribution in [0.5, 0.6) is 11.5 Å². The van der Waals surface area contributed by atoms with Gasteiger partial charge in [0.1, 0.15) is 17.6 Å². The van der Waals surface area contributed by atoms with E-state index < -0.39 is 5.91 Å². The number of ether oxygens (including phenoxy) is 2.